The van der Waals surface area contributed by atoms with E-state index in [4.69, 9.17) is 11.6 Å². The number of rotatable bonds is 9. The predicted octanol–water partition coefficient (Wildman–Crippen LogP) is 3.96. The van der Waals surface area contributed by atoms with Crippen LogP contribution in [0.25, 0.3) is 0 Å². The van der Waals surface area contributed by atoms with Crippen LogP contribution in [-0.4, -0.2) is 30.4 Å². The number of aryl methyl sites for hydroxylation is 1. The summed E-state index contributed by atoms with van der Waals surface area (Å²) in [5.41, 5.74) is 1.45. The maximum Gasteiger partial charge on any atom is 0.0235 e. The summed E-state index contributed by atoms with van der Waals surface area (Å²) in [6, 6.07) is 10.7. The van der Waals surface area contributed by atoms with Gasteiger partial charge in [-0.25, -0.2) is 0 Å². The number of unbranched alkanes of at least 4 members (excludes halogenated alkanes) is 1. The molecule has 0 aliphatic rings. The first-order valence-electron chi connectivity index (χ1n) is 6.69. The van der Waals surface area contributed by atoms with Gasteiger partial charge < -0.3 is 4.90 Å². The summed E-state index contributed by atoms with van der Waals surface area (Å²) in [7, 11) is 0. The van der Waals surface area contributed by atoms with Crippen molar-refractivity contribution in [1.29, 1.82) is 0 Å². The monoisotopic (exact) mass is 253 g/mol. The van der Waals surface area contributed by atoms with Crippen LogP contribution in [0, 0.1) is 0 Å². The molecule has 0 aromatic heterocycles. The molecule has 0 spiro atoms. The van der Waals surface area contributed by atoms with E-state index in [1.165, 1.54) is 31.4 Å². The van der Waals surface area contributed by atoms with Crippen LogP contribution >= 0.6 is 11.6 Å². The SMILES string of the molecule is CCN(CCCCl)CCCCc1ccccc1. The number of hydrogen-bond acceptors (Lipinski definition) is 1. The molecule has 96 valence electrons. The molecule has 1 aromatic rings. The lowest BCUT2D eigenvalue weighted by atomic mass is 10.1. The predicted molar refractivity (Wildman–Crippen MR) is 76.8 cm³/mol. The zero-order valence-corrected chi connectivity index (χ0v) is 11.6. The van der Waals surface area contributed by atoms with E-state index in [1.54, 1.807) is 0 Å². The first-order chi connectivity index (χ1) is 8.36. The summed E-state index contributed by atoms with van der Waals surface area (Å²) in [6.45, 7) is 5.72. The van der Waals surface area contributed by atoms with Gasteiger partial charge in [0, 0.05) is 5.88 Å². The van der Waals surface area contributed by atoms with Gasteiger partial charge in [0.2, 0.25) is 0 Å². The van der Waals surface area contributed by atoms with E-state index in [9.17, 15) is 0 Å². The Bertz CT molecular complexity index is 274. The Balaban J connectivity index is 2.10. The quantitative estimate of drug-likeness (QED) is 0.476. The van der Waals surface area contributed by atoms with Crippen molar-refractivity contribution in [2.75, 3.05) is 25.5 Å². The maximum absolute atomic E-state index is 5.72. The fraction of sp³-hybridized carbons (Fsp3) is 0.600. The highest BCUT2D eigenvalue weighted by molar-refractivity contribution is 6.17. The van der Waals surface area contributed by atoms with Crippen molar-refractivity contribution in [3.63, 3.8) is 0 Å². The molecular weight excluding hydrogens is 230 g/mol. The molecule has 0 bridgehead atoms. The minimum Gasteiger partial charge on any atom is -0.304 e. The van der Waals surface area contributed by atoms with Crippen LogP contribution in [0.5, 0.6) is 0 Å². The molecule has 0 saturated carbocycles. The number of alkyl halides is 1. The van der Waals surface area contributed by atoms with Gasteiger partial charge in [-0.1, -0.05) is 37.3 Å². The lowest BCUT2D eigenvalue weighted by Gasteiger charge is -2.19. The first kappa shape index (κ1) is 14.5. The van der Waals surface area contributed by atoms with Gasteiger partial charge in [0.05, 0.1) is 0 Å². The summed E-state index contributed by atoms with van der Waals surface area (Å²) in [6.07, 6.45) is 4.87. The molecule has 1 aromatic carbocycles. The first-order valence-corrected chi connectivity index (χ1v) is 7.22. The zero-order valence-electron chi connectivity index (χ0n) is 10.9. The second-order valence-corrected chi connectivity index (χ2v) is 4.80. The molecule has 0 radical (unpaired) electrons. The summed E-state index contributed by atoms with van der Waals surface area (Å²) < 4.78 is 0. The lowest BCUT2D eigenvalue weighted by molar-refractivity contribution is 0.283. The van der Waals surface area contributed by atoms with E-state index < -0.39 is 0 Å². The van der Waals surface area contributed by atoms with Gasteiger partial charge in [0.25, 0.3) is 0 Å². The van der Waals surface area contributed by atoms with E-state index >= 15 is 0 Å². The van der Waals surface area contributed by atoms with Crippen molar-refractivity contribution in [3.8, 4) is 0 Å². The fourth-order valence-corrected chi connectivity index (χ4v) is 2.14. The van der Waals surface area contributed by atoms with Crippen molar-refractivity contribution in [2.45, 2.75) is 32.6 Å². The molecule has 0 saturated heterocycles. The molecule has 0 N–H and O–H groups in total. The largest absolute Gasteiger partial charge is 0.304 e. The highest BCUT2D eigenvalue weighted by atomic mass is 35.5. The summed E-state index contributed by atoms with van der Waals surface area (Å²) in [5.74, 6) is 0.778. The molecule has 0 atom stereocenters. The molecule has 1 rings (SSSR count). The van der Waals surface area contributed by atoms with E-state index in [0.29, 0.717) is 0 Å². The Hall–Kier alpha value is -0.530. The average molecular weight is 254 g/mol. The van der Waals surface area contributed by atoms with Crippen LogP contribution in [0.1, 0.15) is 31.7 Å². The van der Waals surface area contributed by atoms with Crippen LogP contribution in [0.4, 0.5) is 0 Å². The topological polar surface area (TPSA) is 3.24 Å². The molecule has 0 heterocycles. The molecule has 0 amide bonds. The van der Waals surface area contributed by atoms with Gasteiger partial charge in [0.1, 0.15) is 0 Å². The zero-order chi connectivity index (χ0) is 12.3. The standard InChI is InChI=1S/C15H24ClN/c1-2-17(14-8-12-16)13-7-6-11-15-9-4-3-5-10-15/h3-5,9-10H,2,6-8,11-14H2,1H3. The number of halogens is 1. The number of nitrogens with zero attached hydrogens (tertiary/aromatic N) is 1. The Kier molecular flexibility index (Phi) is 8.12. The van der Waals surface area contributed by atoms with E-state index in [1.807, 2.05) is 0 Å². The number of benzene rings is 1. The second-order valence-electron chi connectivity index (χ2n) is 4.42. The Morgan fingerprint density at radius 3 is 2.35 bits per heavy atom. The van der Waals surface area contributed by atoms with Crippen LogP contribution in [0.2, 0.25) is 0 Å². The molecule has 0 aliphatic heterocycles. The van der Waals surface area contributed by atoms with Crippen molar-refractivity contribution < 1.29 is 0 Å². The third-order valence-corrected chi connectivity index (χ3v) is 3.36. The molecule has 0 aliphatic carbocycles. The molecular formula is C15H24ClN. The van der Waals surface area contributed by atoms with Gasteiger partial charge in [-0.2, -0.15) is 0 Å². The van der Waals surface area contributed by atoms with E-state index in [0.717, 1.165) is 25.4 Å². The van der Waals surface area contributed by atoms with Crippen molar-refractivity contribution in [3.05, 3.63) is 35.9 Å². The average Bonchev–Trinajstić information content (AvgIpc) is 2.39. The van der Waals surface area contributed by atoms with Gasteiger partial charge >= 0.3 is 0 Å². The summed E-state index contributed by atoms with van der Waals surface area (Å²) in [4.78, 5) is 2.49. The van der Waals surface area contributed by atoms with Crippen molar-refractivity contribution in [1.82, 2.24) is 4.90 Å². The van der Waals surface area contributed by atoms with Gasteiger partial charge in [-0.15, -0.1) is 11.6 Å². The Labute approximate surface area is 111 Å². The molecule has 17 heavy (non-hydrogen) atoms. The second kappa shape index (κ2) is 9.49. The van der Waals surface area contributed by atoms with Gasteiger partial charge in [-0.05, 0) is 50.9 Å². The molecule has 0 fully saturated rings. The third-order valence-electron chi connectivity index (χ3n) is 3.09. The van der Waals surface area contributed by atoms with Crippen LogP contribution in [0.3, 0.4) is 0 Å². The van der Waals surface area contributed by atoms with Crippen LogP contribution in [0.15, 0.2) is 30.3 Å². The summed E-state index contributed by atoms with van der Waals surface area (Å²) in [5, 5.41) is 0. The highest BCUT2D eigenvalue weighted by Gasteiger charge is 2.01. The van der Waals surface area contributed by atoms with Crippen molar-refractivity contribution in [2.24, 2.45) is 0 Å². The minimum atomic E-state index is 0.778. The molecule has 1 nitrogen and oxygen atoms in total. The third kappa shape index (κ3) is 6.70. The minimum absolute atomic E-state index is 0.778. The number of hydrogen-bond donors (Lipinski definition) is 0. The normalized spacial score (nSPS) is 11.0. The Morgan fingerprint density at radius 2 is 1.71 bits per heavy atom. The highest BCUT2D eigenvalue weighted by Crippen LogP contribution is 2.05. The maximum atomic E-state index is 5.72. The van der Waals surface area contributed by atoms with Crippen LogP contribution in [-0.2, 0) is 6.42 Å². The van der Waals surface area contributed by atoms with Crippen molar-refractivity contribution >= 4 is 11.6 Å². The Morgan fingerprint density at radius 1 is 1.00 bits per heavy atom. The molecule has 0 unspecified atom stereocenters. The fourth-order valence-electron chi connectivity index (χ4n) is 2.02. The van der Waals surface area contributed by atoms with Gasteiger partial charge in [-0.3, -0.25) is 0 Å². The van der Waals surface area contributed by atoms with Gasteiger partial charge in [0.15, 0.2) is 0 Å². The molecule has 2 heteroatoms. The van der Waals surface area contributed by atoms with Crippen LogP contribution < -0.4 is 0 Å². The lowest BCUT2D eigenvalue weighted by Crippen LogP contribution is -2.26. The van der Waals surface area contributed by atoms with E-state index in [-0.39, 0.29) is 0 Å². The summed E-state index contributed by atoms with van der Waals surface area (Å²) >= 11 is 5.72. The van der Waals surface area contributed by atoms with E-state index in [2.05, 4.69) is 42.2 Å². The smallest absolute Gasteiger partial charge is 0.0235 e.